The third-order valence-corrected chi connectivity index (χ3v) is 6.01. The summed E-state index contributed by atoms with van der Waals surface area (Å²) in [4.78, 5) is 25.6. The van der Waals surface area contributed by atoms with Crippen LogP contribution in [0.4, 0.5) is 11.8 Å². The highest BCUT2D eigenvalue weighted by atomic mass is 16.6. The minimum Gasteiger partial charge on any atom is -0.497 e. The van der Waals surface area contributed by atoms with Crippen molar-refractivity contribution in [2.45, 2.75) is 44.4 Å². The van der Waals surface area contributed by atoms with E-state index in [1.54, 1.807) is 7.11 Å². The smallest absolute Gasteiger partial charge is 0.293 e. The fraction of sp³-hybridized carbons (Fsp3) is 0.409. The van der Waals surface area contributed by atoms with Crippen molar-refractivity contribution in [1.29, 1.82) is 0 Å². The van der Waals surface area contributed by atoms with Crippen molar-refractivity contribution in [3.63, 3.8) is 0 Å². The molecule has 0 radical (unpaired) electrons. The third-order valence-electron chi connectivity index (χ3n) is 6.01. The zero-order valence-corrected chi connectivity index (χ0v) is 20.1. The average Bonchev–Trinajstić information content (AvgIpc) is 3.63. The Balaban J connectivity index is 1.38. The molecular formula is C22H26N10O5. The van der Waals surface area contributed by atoms with E-state index >= 15 is 0 Å². The highest BCUT2D eigenvalue weighted by Gasteiger charge is 2.49. The van der Waals surface area contributed by atoms with E-state index in [-0.39, 0.29) is 24.1 Å². The molecule has 0 amide bonds. The number of carbonyl (C=O) groups is 1. The van der Waals surface area contributed by atoms with Gasteiger partial charge in [0.15, 0.2) is 29.9 Å². The van der Waals surface area contributed by atoms with Crippen molar-refractivity contribution in [3.8, 4) is 5.75 Å². The predicted octanol–water partition coefficient (Wildman–Crippen LogP) is 0.251. The highest BCUT2D eigenvalue weighted by molar-refractivity contribution is 5.83. The molecule has 37 heavy (non-hydrogen) atoms. The van der Waals surface area contributed by atoms with Crippen molar-refractivity contribution in [2.24, 2.45) is 0 Å². The van der Waals surface area contributed by atoms with Gasteiger partial charge < -0.3 is 30.4 Å². The number of tetrazole rings is 1. The number of nitrogens with one attached hydrogen (secondary N) is 1. The Kier molecular flexibility index (Phi) is 6.78. The maximum atomic E-state index is 11.2. The van der Waals surface area contributed by atoms with E-state index in [1.807, 2.05) is 31.2 Å². The molecule has 1 aliphatic rings. The van der Waals surface area contributed by atoms with Crippen LogP contribution in [-0.2, 0) is 27.2 Å². The second-order valence-corrected chi connectivity index (χ2v) is 8.25. The van der Waals surface area contributed by atoms with Crippen molar-refractivity contribution in [1.82, 2.24) is 39.7 Å². The number of anilines is 2. The lowest BCUT2D eigenvalue weighted by Gasteiger charge is -2.17. The van der Waals surface area contributed by atoms with E-state index in [2.05, 4.69) is 35.7 Å². The molecule has 1 aromatic carbocycles. The number of hydrogen-bond acceptors (Lipinski definition) is 13. The van der Waals surface area contributed by atoms with Crippen molar-refractivity contribution in [3.05, 3.63) is 42.0 Å². The molecule has 0 bridgehead atoms. The normalized spacial score (nSPS) is 21.3. The van der Waals surface area contributed by atoms with E-state index in [4.69, 9.17) is 19.9 Å². The van der Waals surface area contributed by atoms with Crippen LogP contribution >= 0.6 is 0 Å². The number of rotatable bonds is 10. The number of carbonyl (C=O) groups excluding carboxylic acids is 1. The molecule has 4 aromatic rings. The molecule has 4 N–H and O–H groups in total. The standard InChI is InChI=1S/C22H26N10O5/c1-3-32-29-19(28-30-32)17-16(36-11-33)15(34)21(37-17)31-10-25-14-18(23)26-22(27-20(14)31)24-9-8-12-4-6-13(35-2)7-5-12/h4-7,10-11,15-17,21,34H,3,8-9H2,1-2H3,(H3,23,24,26,27)/t15-,16+,17+,21-/m1/s1. The van der Waals surface area contributed by atoms with Crippen LogP contribution in [0.3, 0.4) is 0 Å². The van der Waals surface area contributed by atoms with Crippen LogP contribution in [0.25, 0.3) is 11.2 Å². The third kappa shape index (κ3) is 4.73. The number of imidazole rings is 1. The van der Waals surface area contributed by atoms with E-state index < -0.39 is 24.5 Å². The van der Waals surface area contributed by atoms with Gasteiger partial charge in [-0.2, -0.15) is 14.8 Å². The number of ether oxygens (including phenoxy) is 3. The summed E-state index contributed by atoms with van der Waals surface area (Å²) in [7, 11) is 1.62. The Bertz CT molecular complexity index is 1370. The fourth-order valence-corrected chi connectivity index (χ4v) is 4.12. The second kappa shape index (κ2) is 10.3. The summed E-state index contributed by atoms with van der Waals surface area (Å²) >= 11 is 0. The number of hydrogen-bond donors (Lipinski definition) is 3. The first-order valence-electron chi connectivity index (χ1n) is 11.6. The van der Waals surface area contributed by atoms with Gasteiger partial charge in [0, 0.05) is 6.54 Å². The van der Waals surface area contributed by atoms with Gasteiger partial charge >= 0.3 is 0 Å². The number of methoxy groups -OCH3 is 1. The first-order valence-corrected chi connectivity index (χ1v) is 11.6. The van der Waals surface area contributed by atoms with Gasteiger partial charge in [-0.15, -0.1) is 10.2 Å². The summed E-state index contributed by atoms with van der Waals surface area (Å²) in [6, 6.07) is 7.76. The summed E-state index contributed by atoms with van der Waals surface area (Å²) in [6.07, 6.45) is -2.17. The Morgan fingerprint density at radius 2 is 2.08 bits per heavy atom. The molecule has 1 saturated heterocycles. The van der Waals surface area contributed by atoms with Gasteiger partial charge in [-0.1, -0.05) is 12.1 Å². The Morgan fingerprint density at radius 3 is 2.78 bits per heavy atom. The maximum Gasteiger partial charge on any atom is 0.293 e. The largest absolute Gasteiger partial charge is 0.497 e. The molecule has 1 aliphatic heterocycles. The summed E-state index contributed by atoms with van der Waals surface area (Å²) in [5.41, 5.74) is 7.92. The molecule has 0 aliphatic carbocycles. The molecule has 15 nitrogen and oxygen atoms in total. The van der Waals surface area contributed by atoms with Crippen molar-refractivity contribution in [2.75, 3.05) is 24.7 Å². The number of aliphatic hydroxyl groups is 1. The topological polar surface area (TPSA) is 190 Å². The van der Waals surface area contributed by atoms with Gasteiger partial charge in [0.25, 0.3) is 6.47 Å². The number of nitrogens with two attached hydrogens (primary N) is 1. The highest BCUT2D eigenvalue weighted by Crippen LogP contribution is 2.40. The summed E-state index contributed by atoms with van der Waals surface area (Å²) in [5.74, 6) is 1.41. The number of aliphatic hydroxyl groups excluding tert-OH is 1. The number of benzene rings is 1. The Morgan fingerprint density at radius 1 is 1.27 bits per heavy atom. The molecule has 194 valence electrons. The van der Waals surface area contributed by atoms with Crippen LogP contribution < -0.4 is 15.8 Å². The lowest BCUT2D eigenvalue weighted by molar-refractivity contribution is -0.140. The number of fused-ring (bicyclic) bond motifs is 1. The van der Waals surface area contributed by atoms with Crippen molar-refractivity contribution >= 4 is 29.4 Å². The van der Waals surface area contributed by atoms with Gasteiger partial charge in [-0.25, -0.2) is 4.98 Å². The Hall–Kier alpha value is -4.37. The number of nitrogens with zero attached hydrogens (tertiary/aromatic N) is 8. The van der Waals surface area contributed by atoms with Gasteiger partial charge in [0.05, 0.1) is 20.0 Å². The molecule has 4 heterocycles. The molecule has 0 saturated carbocycles. The molecule has 3 aromatic heterocycles. The lowest BCUT2D eigenvalue weighted by Crippen LogP contribution is -2.31. The molecule has 0 spiro atoms. The summed E-state index contributed by atoms with van der Waals surface area (Å²) in [5, 5.41) is 26.3. The first kappa shape index (κ1) is 24.3. The lowest BCUT2D eigenvalue weighted by atomic mass is 10.1. The zero-order chi connectivity index (χ0) is 25.9. The molecular weight excluding hydrogens is 484 g/mol. The van der Waals surface area contributed by atoms with E-state index in [9.17, 15) is 9.90 Å². The van der Waals surface area contributed by atoms with Crippen LogP contribution in [0.2, 0.25) is 0 Å². The van der Waals surface area contributed by atoms with Gasteiger partial charge in [-0.05, 0) is 36.3 Å². The second-order valence-electron chi connectivity index (χ2n) is 8.25. The summed E-state index contributed by atoms with van der Waals surface area (Å²) < 4.78 is 17.9. The van der Waals surface area contributed by atoms with E-state index in [1.165, 1.54) is 15.7 Å². The van der Waals surface area contributed by atoms with Gasteiger partial charge in [-0.3, -0.25) is 9.36 Å². The minimum atomic E-state index is -1.27. The van der Waals surface area contributed by atoms with Crippen LogP contribution in [0.5, 0.6) is 5.75 Å². The molecule has 4 atom stereocenters. The molecule has 5 rings (SSSR count). The summed E-state index contributed by atoms with van der Waals surface area (Å²) in [6.45, 7) is 3.13. The average molecular weight is 511 g/mol. The fourth-order valence-electron chi connectivity index (χ4n) is 4.12. The number of nitrogen functional groups attached to an aromatic ring is 1. The van der Waals surface area contributed by atoms with E-state index in [0.717, 1.165) is 11.3 Å². The monoisotopic (exact) mass is 510 g/mol. The van der Waals surface area contributed by atoms with Gasteiger partial charge in [0.1, 0.15) is 17.4 Å². The van der Waals surface area contributed by atoms with Crippen LogP contribution in [0, 0.1) is 0 Å². The molecule has 0 unspecified atom stereocenters. The quantitative estimate of drug-likeness (QED) is 0.246. The minimum absolute atomic E-state index is 0.160. The van der Waals surface area contributed by atoms with Crippen LogP contribution in [0.1, 0.15) is 30.6 Å². The first-order chi connectivity index (χ1) is 18.0. The number of aryl methyl sites for hydroxylation is 1. The molecule has 15 heteroatoms. The van der Waals surface area contributed by atoms with Crippen LogP contribution in [-0.4, -0.2) is 77.2 Å². The maximum absolute atomic E-state index is 11.2. The molecule has 1 fully saturated rings. The van der Waals surface area contributed by atoms with Crippen molar-refractivity contribution < 1.29 is 24.1 Å². The zero-order valence-electron chi connectivity index (χ0n) is 20.1. The van der Waals surface area contributed by atoms with Crippen LogP contribution in [0.15, 0.2) is 30.6 Å². The van der Waals surface area contributed by atoms with Gasteiger partial charge in [0.2, 0.25) is 11.8 Å². The number of aromatic nitrogens is 8. The SMILES string of the molecule is CCn1nnc([C@H]2O[C@@H](n3cnc4c(N)nc(NCCc5ccc(OC)cc5)nc43)[C@H](O)[C@@H]2OC=O)n1. The van der Waals surface area contributed by atoms with E-state index in [0.29, 0.717) is 30.7 Å². The Labute approximate surface area is 210 Å². The predicted molar refractivity (Wildman–Crippen MR) is 128 cm³/mol.